The molecular weight excluding hydrogens is 500 g/mol. The number of ether oxygens (including phenoxy) is 1. The second-order valence-corrected chi connectivity index (χ2v) is 10.6. The molecule has 1 aliphatic rings. The maximum Gasteiger partial charge on any atom is 0.337 e. The Morgan fingerprint density at radius 2 is 1.73 bits per heavy atom. The number of rotatable bonds is 6. The van der Waals surface area contributed by atoms with Crippen molar-refractivity contribution in [2.75, 3.05) is 19.3 Å². The summed E-state index contributed by atoms with van der Waals surface area (Å²) in [5.41, 5.74) is 1.34. The monoisotopic (exact) mass is 522 g/mol. The molecule has 0 spiro atoms. The number of carboxylic acid groups (broad SMARTS) is 1. The van der Waals surface area contributed by atoms with Crippen molar-refractivity contribution in [3.8, 4) is 11.6 Å². The smallest absolute Gasteiger partial charge is 0.337 e. The van der Waals surface area contributed by atoms with Gasteiger partial charge in [-0.25, -0.2) is 27.9 Å². The van der Waals surface area contributed by atoms with Gasteiger partial charge in [0.05, 0.1) is 27.9 Å². The fraction of sp³-hybridized carbons (Fsp3) is 0.250. The number of nitrogens with zero attached hydrogens (tertiary/aromatic N) is 6. The van der Waals surface area contributed by atoms with Gasteiger partial charge in [-0.3, -0.25) is 9.78 Å². The number of aromatic carboxylic acids is 1. The van der Waals surface area contributed by atoms with E-state index in [0.29, 0.717) is 48.5 Å². The Labute approximate surface area is 211 Å². The van der Waals surface area contributed by atoms with Crippen LogP contribution in [0, 0.1) is 0 Å². The molecule has 4 aromatic rings. The number of carboxylic acids is 1. The van der Waals surface area contributed by atoms with Crippen molar-refractivity contribution >= 4 is 32.7 Å². The van der Waals surface area contributed by atoms with Crippen molar-refractivity contribution in [2.45, 2.75) is 23.8 Å². The Kier molecular flexibility index (Phi) is 6.29. The average molecular weight is 523 g/mol. The van der Waals surface area contributed by atoms with Gasteiger partial charge in [-0.15, -0.1) is 0 Å². The summed E-state index contributed by atoms with van der Waals surface area (Å²) < 4.78 is 31.2. The van der Waals surface area contributed by atoms with E-state index in [1.54, 1.807) is 27.9 Å². The molecule has 37 heavy (non-hydrogen) atoms. The molecule has 0 atom stereocenters. The second kappa shape index (κ2) is 9.58. The Morgan fingerprint density at radius 1 is 1.03 bits per heavy atom. The van der Waals surface area contributed by atoms with E-state index >= 15 is 0 Å². The van der Waals surface area contributed by atoms with Crippen LogP contribution in [0.4, 0.5) is 0 Å². The summed E-state index contributed by atoms with van der Waals surface area (Å²) in [6.45, 7) is 0.863. The minimum Gasteiger partial charge on any atom is -0.478 e. The van der Waals surface area contributed by atoms with Crippen molar-refractivity contribution in [3.05, 3.63) is 66.4 Å². The number of amides is 1. The Bertz CT molecular complexity index is 1590. The summed E-state index contributed by atoms with van der Waals surface area (Å²) in [6, 6.07) is 7.66. The molecule has 0 radical (unpaired) electrons. The van der Waals surface area contributed by atoms with Crippen LogP contribution in [0.15, 0.2) is 60.1 Å². The molecule has 0 unspecified atom stereocenters. The minimum absolute atomic E-state index is 0.0382. The molecule has 1 N–H and O–H groups in total. The van der Waals surface area contributed by atoms with Gasteiger partial charge in [-0.1, -0.05) is 0 Å². The number of likely N-dealkylation sites (tertiary alicyclic amines) is 1. The second-order valence-electron chi connectivity index (χ2n) is 8.62. The van der Waals surface area contributed by atoms with E-state index in [1.807, 2.05) is 0 Å². The highest BCUT2D eigenvalue weighted by atomic mass is 32.2. The number of hydrogen-bond acceptors (Lipinski definition) is 9. The lowest BCUT2D eigenvalue weighted by Gasteiger charge is -2.32. The molecule has 3 aromatic heterocycles. The van der Waals surface area contributed by atoms with Gasteiger partial charge in [0.1, 0.15) is 17.8 Å². The number of sulfone groups is 1. The normalized spacial score (nSPS) is 14.6. The first-order valence-corrected chi connectivity index (χ1v) is 13.2. The van der Waals surface area contributed by atoms with Crippen molar-refractivity contribution in [3.63, 3.8) is 0 Å². The highest BCUT2D eigenvalue weighted by Crippen LogP contribution is 2.27. The van der Waals surface area contributed by atoms with Gasteiger partial charge in [-0.05, 0) is 30.3 Å². The summed E-state index contributed by atoms with van der Waals surface area (Å²) in [5, 5.41) is 14.1. The van der Waals surface area contributed by atoms with Crippen molar-refractivity contribution in [1.29, 1.82) is 0 Å². The first-order chi connectivity index (χ1) is 17.7. The Hall–Kier alpha value is -4.39. The lowest BCUT2D eigenvalue weighted by Crippen LogP contribution is -2.42. The predicted molar refractivity (Wildman–Crippen MR) is 131 cm³/mol. The SMILES string of the molecule is CS(=O)(=O)c1ccc(-n2ncc3c(OC4CCN(C(=O)c5cncc(C(=O)O)c5)CC4)ncnc32)cc1. The molecule has 1 aromatic carbocycles. The van der Waals surface area contributed by atoms with Gasteiger partial charge in [0.25, 0.3) is 5.91 Å². The van der Waals surface area contributed by atoms with Gasteiger partial charge in [0.2, 0.25) is 5.88 Å². The lowest BCUT2D eigenvalue weighted by molar-refractivity contribution is 0.0590. The molecule has 1 aliphatic heterocycles. The minimum atomic E-state index is -3.31. The van der Waals surface area contributed by atoms with Crippen molar-refractivity contribution in [1.82, 2.24) is 29.6 Å². The van der Waals surface area contributed by atoms with Gasteiger partial charge in [0.15, 0.2) is 15.5 Å². The maximum atomic E-state index is 12.8. The molecular formula is C24H22N6O6S. The molecule has 1 fully saturated rings. The lowest BCUT2D eigenvalue weighted by atomic mass is 10.1. The van der Waals surface area contributed by atoms with E-state index in [0.717, 1.165) is 6.26 Å². The van der Waals surface area contributed by atoms with Crippen molar-refractivity contribution < 1.29 is 27.9 Å². The number of hydrogen-bond donors (Lipinski definition) is 1. The van der Waals surface area contributed by atoms with Crippen LogP contribution >= 0.6 is 0 Å². The highest BCUT2D eigenvalue weighted by Gasteiger charge is 2.26. The number of aromatic nitrogens is 5. The predicted octanol–water partition coefficient (Wildman–Crippen LogP) is 2.00. The van der Waals surface area contributed by atoms with E-state index in [1.165, 1.54) is 36.9 Å². The zero-order valence-corrected chi connectivity index (χ0v) is 20.5. The zero-order valence-electron chi connectivity index (χ0n) is 19.7. The zero-order chi connectivity index (χ0) is 26.2. The van der Waals surface area contributed by atoms with E-state index < -0.39 is 15.8 Å². The van der Waals surface area contributed by atoms with Crippen LogP contribution in [-0.2, 0) is 9.84 Å². The number of carbonyl (C=O) groups is 2. The van der Waals surface area contributed by atoms with Crippen LogP contribution in [0.5, 0.6) is 5.88 Å². The molecule has 1 amide bonds. The first-order valence-electron chi connectivity index (χ1n) is 11.3. The Morgan fingerprint density at radius 3 is 2.41 bits per heavy atom. The third-order valence-electron chi connectivity index (χ3n) is 6.08. The van der Waals surface area contributed by atoms with Gasteiger partial charge < -0.3 is 14.7 Å². The topological polar surface area (TPSA) is 157 Å². The molecule has 0 bridgehead atoms. The number of pyridine rings is 1. The van der Waals surface area contributed by atoms with Gasteiger partial charge in [-0.2, -0.15) is 5.10 Å². The summed E-state index contributed by atoms with van der Waals surface area (Å²) >= 11 is 0. The van der Waals surface area contributed by atoms with Crippen LogP contribution in [0.1, 0.15) is 33.6 Å². The Balaban J connectivity index is 1.28. The molecule has 190 valence electrons. The highest BCUT2D eigenvalue weighted by molar-refractivity contribution is 7.90. The number of benzene rings is 1. The summed E-state index contributed by atoms with van der Waals surface area (Å²) in [6.07, 6.45) is 7.61. The molecule has 0 aliphatic carbocycles. The van der Waals surface area contributed by atoms with Crippen LogP contribution in [0.3, 0.4) is 0 Å². The first kappa shape index (κ1) is 24.3. The summed E-state index contributed by atoms with van der Waals surface area (Å²) in [5.74, 6) is -1.05. The van der Waals surface area contributed by atoms with Gasteiger partial charge >= 0.3 is 5.97 Å². The van der Waals surface area contributed by atoms with Gasteiger partial charge in [0, 0.05) is 44.6 Å². The molecule has 0 saturated carbocycles. The van der Waals surface area contributed by atoms with E-state index in [9.17, 15) is 18.0 Å². The largest absolute Gasteiger partial charge is 0.478 e. The quantitative estimate of drug-likeness (QED) is 0.397. The van der Waals surface area contributed by atoms with Crippen LogP contribution < -0.4 is 4.74 Å². The molecule has 12 nitrogen and oxygen atoms in total. The number of fused-ring (bicyclic) bond motifs is 1. The van der Waals surface area contributed by atoms with E-state index in [-0.39, 0.29) is 28.0 Å². The number of carbonyl (C=O) groups excluding carboxylic acids is 1. The molecule has 13 heteroatoms. The fourth-order valence-electron chi connectivity index (χ4n) is 4.13. The maximum absolute atomic E-state index is 12.8. The van der Waals surface area contributed by atoms with E-state index in [2.05, 4.69) is 20.1 Å². The summed E-state index contributed by atoms with van der Waals surface area (Å²) in [7, 11) is -3.31. The third-order valence-corrected chi connectivity index (χ3v) is 7.21. The van der Waals surface area contributed by atoms with Crippen LogP contribution in [-0.4, -0.2) is 80.5 Å². The van der Waals surface area contributed by atoms with Crippen LogP contribution in [0.2, 0.25) is 0 Å². The summed E-state index contributed by atoms with van der Waals surface area (Å²) in [4.78, 5) is 38.3. The molecule has 5 rings (SSSR count). The standard InChI is InChI=1S/C24H22N6O6S/c1-37(34,35)19-4-2-17(3-5-19)30-21-20(13-28-30)22(27-14-26-21)36-18-6-8-29(9-7-18)23(31)15-10-16(24(32)33)12-25-11-15/h2-5,10-14,18H,6-9H2,1H3,(H,32,33). The average Bonchev–Trinajstić information content (AvgIpc) is 3.34. The van der Waals surface area contributed by atoms with Crippen LogP contribution in [0.25, 0.3) is 16.7 Å². The third kappa shape index (κ3) is 4.98. The molecule has 1 saturated heterocycles. The molecule has 4 heterocycles. The number of piperidine rings is 1. The fourth-order valence-corrected chi connectivity index (χ4v) is 4.76. The van der Waals surface area contributed by atoms with E-state index in [4.69, 9.17) is 9.84 Å². The van der Waals surface area contributed by atoms with Crippen molar-refractivity contribution in [2.24, 2.45) is 0 Å².